The Balaban J connectivity index is 2.00. The molecule has 1 aliphatic rings. The van der Waals surface area contributed by atoms with Crippen LogP contribution in [0.2, 0.25) is 0 Å². The van der Waals surface area contributed by atoms with Crippen LogP contribution in [0.3, 0.4) is 0 Å². The Morgan fingerprint density at radius 2 is 2.05 bits per heavy atom. The van der Waals surface area contributed by atoms with Crippen LogP contribution in [-0.4, -0.2) is 24.2 Å². The predicted octanol–water partition coefficient (Wildman–Crippen LogP) is 3.11. The molecule has 0 aliphatic carbocycles. The first-order valence-corrected chi connectivity index (χ1v) is 7.89. The number of anilines is 1. The minimum Gasteiger partial charge on any atom is -0.494 e. The van der Waals surface area contributed by atoms with Gasteiger partial charge in [-0.15, -0.1) is 0 Å². The van der Waals surface area contributed by atoms with Crippen molar-refractivity contribution in [3.8, 4) is 5.75 Å². The Hall–Kier alpha value is -1.62. The first kappa shape index (κ1) is 15.8. The maximum absolute atomic E-state index is 12.2. The van der Waals surface area contributed by atoms with Crippen LogP contribution in [0, 0.1) is 5.92 Å². The third kappa shape index (κ3) is 3.94. The van der Waals surface area contributed by atoms with Gasteiger partial charge in [-0.1, -0.05) is 26.7 Å². The second kappa shape index (κ2) is 7.41. The maximum Gasteiger partial charge on any atom is 0.237 e. The second-order valence-electron chi connectivity index (χ2n) is 5.31. The van der Waals surface area contributed by atoms with Crippen LogP contribution >= 0.6 is 12.2 Å². The van der Waals surface area contributed by atoms with Crippen molar-refractivity contribution in [3.63, 3.8) is 0 Å². The maximum atomic E-state index is 12.2. The Labute approximate surface area is 131 Å². The van der Waals surface area contributed by atoms with Gasteiger partial charge in [-0.25, -0.2) is 0 Å². The standard InChI is InChI=1S/C16H22N2O2S/c1-3-4-5-10-20-14-8-6-13(7-9-14)18-15(19)12(2)11-17-16(18)21/h6-9,12H,3-5,10-11H2,1-2H3,(H,17,21)/t12-/m0/s1. The van der Waals surface area contributed by atoms with Crippen LogP contribution in [0.4, 0.5) is 5.69 Å². The first-order chi connectivity index (χ1) is 10.1. The highest BCUT2D eigenvalue weighted by Crippen LogP contribution is 2.23. The van der Waals surface area contributed by atoms with Gasteiger partial charge in [-0.2, -0.15) is 0 Å². The number of benzene rings is 1. The van der Waals surface area contributed by atoms with Gasteiger partial charge >= 0.3 is 0 Å². The van der Waals surface area contributed by atoms with Crippen molar-refractivity contribution in [2.24, 2.45) is 5.92 Å². The summed E-state index contributed by atoms with van der Waals surface area (Å²) in [5.41, 5.74) is 0.782. The van der Waals surface area contributed by atoms with Crippen molar-refractivity contribution in [2.45, 2.75) is 33.1 Å². The summed E-state index contributed by atoms with van der Waals surface area (Å²) in [5, 5.41) is 3.55. The number of nitrogens with one attached hydrogen (secondary N) is 1. The summed E-state index contributed by atoms with van der Waals surface area (Å²) in [6.07, 6.45) is 3.43. The molecule has 1 amide bonds. The van der Waals surface area contributed by atoms with Crippen LogP contribution in [0.1, 0.15) is 33.1 Å². The van der Waals surface area contributed by atoms with E-state index in [1.54, 1.807) is 4.90 Å². The lowest BCUT2D eigenvalue weighted by molar-refractivity contribution is -0.121. The molecule has 1 heterocycles. The summed E-state index contributed by atoms with van der Waals surface area (Å²) in [6.45, 7) is 5.40. The zero-order chi connectivity index (χ0) is 15.2. The molecule has 1 aromatic carbocycles. The molecule has 1 atom stereocenters. The third-order valence-electron chi connectivity index (χ3n) is 3.52. The van der Waals surface area contributed by atoms with Gasteiger partial charge < -0.3 is 10.1 Å². The average Bonchev–Trinajstić information content (AvgIpc) is 2.49. The van der Waals surface area contributed by atoms with Crippen molar-refractivity contribution in [1.82, 2.24) is 5.32 Å². The van der Waals surface area contributed by atoms with Gasteiger partial charge in [0.05, 0.1) is 18.2 Å². The molecule has 2 rings (SSSR count). The van der Waals surface area contributed by atoms with Crippen LogP contribution < -0.4 is 15.0 Å². The molecular formula is C16H22N2O2S. The van der Waals surface area contributed by atoms with Crippen molar-refractivity contribution in [3.05, 3.63) is 24.3 Å². The molecule has 1 aliphatic heterocycles. The van der Waals surface area contributed by atoms with E-state index >= 15 is 0 Å². The lowest BCUT2D eigenvalue weighted by atomic mass is 10.1. The number of ether oxygens (including phenoxy) is 1. The molecule has 0 bridgehead atoms. The molecule has 5 heteroatoms. The summed E-state index contributed by atoms with van der Waals surface area (Å²) < 4.78 is 5.67. The highest BCUT2D eigenvalue weighted by atomic mass is 32.1. The first-order valence-electron chi connectivity index (χ1n) is 7.48. The summed E-state index contributed by atoms with van der Waals surface area (Å²) in [5.74, 6) is 0.795. The van der Waals surface area contributed by atoms with E-state index < -0.39 is 0 Å². The van der Waals surface area contributed by atoms with Gasteiger partial charge in [-0.3, -0.25) is 9.69 Å². The Morgan fingerprint density at radius 1 is 1.33 bits per heavy atom. The molecular weight excluding hydrogens is 284 g/mol. The second-order valence-corrected chi connectivity index (χ2v) is 5.70. The predicted molar refractivity (Wildman–Crippen MR) is 88.7 cm³/mol. The fourth-order valence-electron chi connectivity index (χ4n) is 2.21. The van der Waals surface area contributed by atoms with Crippen molar-refractivity contribution in [1.29, 1.82) is 0 Å². The molecule has 0 aromatic heterocycles. The number of rotatable bonds is 6. The van der Waals surface area contributed by atoms with Gasteiger partial charge in [0, 0.05) is 6.54 Å². The number of thiocarbonyl (C=S) groups is 1. The van der Waals surface area contributed by atoms with E-state index in [2.05, 4.69) is 12.2 Å². The molecule has 0 saturated carbocycles. The fraction of sp³-hybridized carbons (Fsp3) is 0.500. The van der Waals surface area contributed by atoms with Crippen molar-refractivity contribution in [2.75, 3.05) is 18.1 Å². The zero-order valence-electron chi connectivity index (χ0n) is 12.6. The van der Waals surface area contributed by atoms with Gasteiger partial charge in [0.15, 0.2) is 5.11 Å². The van der Waals surface area contributed by atoms with Crippen LogP contribution in [-0.2, 0) is 4.79 Å². The number of carbonyl (C=O) groups is 1. The van der Waals surface area contributed by atoms with Gasteiger partial charge in [-0.05, 0) is 42.9 Å². The topological polar surface area (TPSA) is 41.6 Å². The summed E-state index contributed by atoms with van der Waals surface area (Å²) in [6, 6.07) is 7.52. The Kier molecular flexibility index (Phi) is 5.56. The number of amides is 1. The van der Waals surface area contributed by atoms with E-state index in [0.717, 1.165) is 24.5 Å². The zero-order valence-corrected chi connectivity index (χ0v) is 13.4. The quantitative estimate of drug-likeness (QED) is 0.648. The molecule has 21 heavy (non-hydrogen) atoms. The summed E-state index contributed by atoms with van der Waals surface area (Å²) in [4.78, 5) is 13.8. The van der Waals surface area contributed by atoms with E-state index in [1.807, 2.05) is 31.2 Å². The van der Waals surface area contributed by atoms with Gasteiger partial charge in [0.25, 0.3) is 0 Å². The summed E-state index contributed by atoms with van der Waals surface area (Å²) in [7, 11) is 0. The van der Waals surface area contributed by atoms with E-state index in [9.17, 15) is 4.79 Å². The molecule has 1 aromatic rings. The lowest BCUT2D eigenvalue weighted by Gasteiger charge is -2.32. The van der Waals surface area contributed by atoms with E-state index in [4.69, 9.17) is 17.0 Å². The summed E-state index contributed by atoms with van der Waals surface area (Å²) >= 11 is 5.23. The van der Waals surface area contributed by atoms with Gasteiger partial charge in [0.2, 0.25) is 5.91 Å². The SMILES string of the molecule is CCCCCOc1ccc(N2C(=O)[C@@H](C)CNC2=S)cc1. The smallest absolute Gasteiger partial charge is 0.237 e. The number of hydrogen-bond donors (Lipinski definition) is 1. The third-order valence-corrected chi connectivity index (χ3v) is 3.84. The normalized spacial score (nSPS) is 18.6. The Morgan fingerprint density at radius 3 is 2.71 bits per heavy atom. The van der Waals surface area contributed by atoms with Crippen LogP contribution in [0.5, 0.6) is 5.75 Å². The molecule has 1 fully saturated rings. The Bertz CT molecular complexity index is 502. The molecule has 0 radical (unpaired) electrons. The van der Waals surface area contributed by atoms with Gasteiger partial charge in [0.1, 0.15) is 5.75 Å². The van der Waals surface area contributed by atoms with Crippen LogP contribution in [0.15, 0.2) is 24.3 Å². The minimum atomic E-state index is -0.0679. The van der Waals surface area contributed by atoms with E-state index in [0.29, 0.717) is 11.7 Å². The number of hydrogen-bond acceptors (Lipinski definition) is 3. The molecule has 1 saturated heterocycles. The van der Waals surface area contributed by atoms with E-state index in [1.165, 1.54) is 12.8 Å². The van der Waals surface area contributed by atoms with E-state index in [-0.39, 0.29) is 11.8 Å². The number of unbranched alkanes of at least 4 members (excludes halogenated alkanes) is 2. The highest BCUT2D eigenvalue weighted by molar-refractivity contribution is 7.80. The highest BCUT2D eigenvalue weighted by Gasteiger charge is 2.29. The van der Waals surface area contributed by atoms with Crippen LogP contribution in [0.25, 0.3) is 0 Å². The average molecular weight is 306 g/mol. The van der Waals surface area contributed by atoms with Crippen molar-refractivity contribution >= 4 is 28.9 Å². The molecule has 4 nitrogen and oxygen atoms in total. The molecule has 1 N–H and O–H groups in total. The number of nitrogens with zero attached hydrogens (tertiary/aromatic N) is 1. The molecule has 0 unspecified atom stereocenters. The van der Waals surface area contributed by atoms with Crippen molar-refractivity contribution < 1.29 is 9.53 Å². The lowest BCUT2D eigenvalue weighted by Crippen LogP contribution is -2.54. The largest absolute Gasteiger partial charge is 0.494 e. The molecule has 0 spiro atoms. The molecule has 114 valence electrons. The minimum absolute atomic E-state index is 0.0374. The fourth-order valence-corrected chi connectivity index (χ4v) is 2.48. The monoisotopic (exact) mass is 306 g/mol. The number of carbonyl (C=O) groups excluding carboxylic acids is 1.